The average Bonchev–Trinajstić information content (AvgIpc) is 3.77. The van der Waals surface area contributed by atoms with Crippen LogP contribution in [0, 0.1) is 100 Å². The maximum atomic E-state index is 15.4. The molecular formula is C33H6F21N3. The number of benzene rings is 3. The van der Waals surface area contributed by atoms with E-state index in [0.29, 0.717) is 12.1 Å². The Kier molecular flexibility index (Phi) is 10.6. The van der Waals surface area contributed by atoms with Gasteiger partial charge in [0.05, 0.1) is 16.7 Å². The Bertz CT molecular complexity index is 2510. The van der Waals surface area contributed by atoms with E-state index >= 15 is 17.6 Å². The number of rotatable bonds is 3. The van der Waals surface area contributed by atoms with Crippen LogP contribution in [-0.2, 0) is 24.7 Å². The molecule has 57 heavy (non-hydrogen) atoms. The van der Waals surface area contributed by atoms with E-state index in [1.54, 1.807) is 0 Å². The number of alkyl halides is 12. The maximum absolute atomic E-state index is 15.4. The minimum Gasteiger partial charge on any atom is -0.206 e. The summed E-state index contributed by atoms with van der Waals surface area (Å²) >= 11 is 0. The van der Waals surface area contributed by atoms with Crippen LogP contribution in [0.25, 0.3) is 16.7 Å². The van der Waals surface area contributed by atoms with Gasteiger partial charge < -0.3 is 0 Å². The van der Waals surface area contributed by atoms with Crippen LogP contribution in [0.5, 0.6) is 0 Å². The standard InChI is InChI=1S/C33H6F21N3/c1-6-11(24(37)28(41)19(21(6)34)32(49,50)51)8(3-55)12-13(9(4-56)15-17(30(43,44)45)22(35)7(2)23(36)25(15)38)14(12)10(5-57)16-18(31(46,47)48)27(40)20(33(52,53)54)29(42)26(16)39/h1-2H3/b12-8?,13-9+,14-10-. The third-order valence-electron chi connectivity index (χ3n) is 8.07. The second kappa shape index (κ2) is 13.8. The number of nitrogens with zero attached hydrogens (tertiary/aromatic N) is 3. The topological polar surface area (TPSA) is 71.4 Å². The Balaban J connectivity index is 2.50. The van der Waals surface area contributed by atoms with Gasteiger partial charge in [-0.2, -0.15) is 68.5 Å². The lowest BCUT2D eigenvalue weighted by Gasteiger charge is -2.19. The molecule has 0 bridgehead atoms. The van der Waals surface area contributed by atoms with Crippen molar-refractivity contribution >= 4 is 16.7 Å². The second-order valence-electron chi connectivity index (χ2n) is 11.3. The number of nitriles is 3. The van der Waals surface area contributed by atoms with Gasteiger partial charge in [-0.15, -0.1) is 0 Å². The van der Waals surface area contributed by atoms with Crippen LogP contribution in [0.3, 0.4) is 0 Å². The smallest absolute Gasteiger partial charge is 0.206 e. The molecule has 1 aliphatic carbocycles. The van der Waals surface area contributed by atoms with Gasteiger partial charge >= 0.3 is 24.7 Å². The summed E-state index contributed by atoms with van der Waals surface area (Å²) in [5, 5.41) is 29.7. The summed E-state index contributed by atoms with van der Waals surface area (Å²) in [5.41, 5.74) is -37.2. The van der Waals surface area contributed by atoms with Gasteiger partial charge in [0.2, 0.25) is 0 Å². The fourth-order valence-electron chi connectivity index (χ4n) is 5.66. The molecule has 0 atom stereocenters. The van der Waals surface area contributed by atoms with Crippen molar-refractivity contribution in [1.82, 2.24) is 0 Å². The lowest BCUT2D eigenvalue weighted by Crippen LogP contribution is -2.22. The van der Waals surface area contributed by atoms with Gasteiger partial charge in [-0.25, -0.2) is 39.5 Å². The molecule has 0 radical (unpaired) electrons. The highest BCUT2D eigenvalue weighted by atomic mass is 19.4. The summed E-state index contributed by atoms with van der Waals surface area (Å²) in [4.78, 5) is 0. The quantitative estimate of drug-likeness (QED) is 0.150. The SMILES string of the molecule is Cc1c(F)c(F)c(/C(C#N)=C2\C(=C(C#N)c3c(C)c(F)c(C(F)(F)F)c(F)c3F)\C2=C(/C#N)c2c(F)c(F)c(C(F)(F)F)c(F)c2C(F)(F)F)c(C(F)(F)F)c1F. The first kappa shape index (κ1) is 43.6. The summed E-state index contributed by atoms with van der Waals surface area (Å²) in [7, 11) is 0. The van der Waals surface area contributed by atoms with Gasteiger partial charge in [-0.1, -0.05) is 0 Å². The molecule has 1 saturated carbocycles. The van der Waals surface area contributed by atoms with E-state index in [1.165, 1.54) is 0 Å². The van der Waals surface area contributed by atoms with Crippen LogP contribution in [0.4, 0.5) is 92.2 Å². The van der Waals surface area contributed by atoms with Crippen molar-refractivity contribution in [3.05, 3.63) is 119 Å². The minimum atomic E-state index is -6.66. The summed E-state index contributed by atoms with van der Waals surface area (Å²) in [6.07, 6.45) is -25.5. The van der Waals surface area contributed by atoms with Crippen molar-refractivity contribution in [3.8, 4) is 18.2 Å². The molecule has 3 aromatic rings. The average molecular weight is 843 g/mol. The molecule has 0 saturated heterocycles. The van der Waals surface area contributed by atoms with Crippen molar-refractivity contribution in [1.29, 1.82) is 15.8 Å². The molecule has 1 fully saturated rings. The lowest BCUT2D eigenvalue weighted by atomic mass is 9.93. The summed E-state index contributed by atoms with van der Waals surface area (Å²) in [5.74, 6) is -27.9. The number of allylic oxidation sites excluding steroid dienone is 6. The molecule has 0 spiro atoms. The predicted molar refractivity (Wildman–Crippen MR) is 146 cm³/mol. The Morgan fingerprint density at radius 2 is 0.596 bits per heavy atom. The highest BCUT2D eigenvalue weighted by Gasteiger charge is 2.52. The number of hydrogen-bond donors (Lipinski definition) is 0. The van der Waals surface area contributed by atoms with Crippen LogP contribution >= 0.6 is 0 Å². The molecule has 0 N–H and O–H groups in total. The minimum absolute atomic E-state index is 0.125. The van der Waals surface area contributed by atoms with Gasteiger partial charge in [0.25, 0.3) is 0 Å². The lowest BCUT2D eigenvalue weighted by molar-refractivity contribution is -0.150. The first-order valence-corrected chi connectivity index (χ1v) is 14.1. The molecule has 4 rings (SSSR count). The molecule has 0 amide bonds. The zero-order valence-corrected chi connectivity index (χ0v) is 26.8. The zero-order valence-electron chi connectivity index (χ0n) is 26.8. The van der Waals surface area contributed by atoms with E-state index in [-0.39, 0.29) is 13.8 Å². The van der Waals surface area contributed by atoms with Crippen LogP contribution < -0.4 is 0 Å². The molecule has 0 aromatic heterocycles. The number of halogens is 21. The largest absolute Gasteiger partial charge is 0.422 e. The zero-order chi connectivity index (χ0) is 44.0. The highest BCUT2D eigenvalue weighted by molar-refractivity contribution is 6.12. The summed E-state index contributed by atoms with van der Waals surface area (Å²) < 4.78 is 301. The van der Waals surface area contributed by atoms with Crippen LogP contribution in [-0.4, -0.2) is 0 Å². The molecular weight excluding hydrogens is 837 g/mol. The first-order chi connectivity index (χ1) is 25.9. The van der Waals surface area contributed by atoms with E-state index in [2.05, 4.69) is 0 Å². The maximum Gasteiger partial charge on any atom is 0.422 e. The fraction of sp³-hybridized carbons (Fsp3) is 0.182. The summed E-state index contributed by atoms with van der Waals surface area (Å²) in [6, 6.07) is 1.92. The monoisotopic (exact) mass is 843 g/mol. The summed E-state index contributed by atoms with van der Waals surface area (Å²) in [6.45, 7) is 0.315. The van der Waals surface area contributed by atoms with Crippen LogP contribution in [0.2, 0.25) is 0 Å². The molecule has 0 heterocycles. The van der Waals surface area contributed by atoms with Gasteiger partial charge in [0, 0.05) is 39.0 Å². The normalized spacial score (nSPS) is 16.2. The van der Waals surface area contributed by atoms with E-state index in [4.69, 9.17) is 0 Å². The fourth-order valence-corrected chi connectivity index (χ4v) is 5.66. The highest BCUT2D eigenvalue weighted by Crippen LogP contribution is 2.59. The molecule has 24 heteroatoms. The van der Waals surface area contributed by atoms with E-state index in [0.717, 1.165) is 6.07 Å². The van der Waals surface area contributed by atoms with Crippen molar-refractivity contribution < 1.29 is 92.2 Å². The number of hydrogen-bond acceptors (Lipinski definition) is 3. The molecule has 3 aromatic carbocycles. The van der Waals surface area contributed by atoms with E-state index < -0.39 is 161 Å². The molecule has 3 nitrogen and oxygen atoms in total. The van der Waals surface area contributed by atoms with Gasteiger partial charge in [-0.3, -0.25) is 0 Å². The Labute approximate surface area is 301 Å². The van der Waals surface area contributed by atoms with Gasteiger partial charge in [0.1, 0.15) is 52.1 Å². The molecule has 0 aliphatic heterocycles. The third-order valence-corrected chi connectivity index (χ3v) is 8.07. The predicted octanol–water partition coefficient (Wildman–Crippen LogP) is 11.9. The van der Waals surface area contributed by atoms with Crippen LogP contribution in [0.15, 0.2) is 16.7 Å². The second-order valence-corrected chi connectivity index (χ2v) is 11.3. The molecule has 0 unspecified atom stereocenters. The van der Waals surface area contributed by atoms with Crippen LogP contribution in [0.1, 0.15) is 50.1 Å². The van der Waals surface area contributed by atoms with Crippen molar-refractivity contribution in [3.63, 3.8) is 0 Å². The first-order valence-electron chi connectivity index (χ1n) is 14.1. The van der Waals surface area contributed by atoms with Crippen molar-refractivity contribution in [2.45, 2.75) is 38.6 Å². The van der Waals surface area contributed by atoms with Crippen molar-refractivity contribution in [2.75, 3.05) is 0 Å². The van der Waals surface area contributed by atoms with Gasteiger partial charge in [0.15, 0.2) is 40.7 Å². The molecule has 300 valence electrons. The van der Waals surface area contributed by atoms with Gasteiger partial charge in [-0.05, 0) is 19.4 Å². The van der Waals surface area contributed by atoms with Crippen molar-refractivity contribution in [2.24, 2.45) is 0 Å². The Hall–Kier alpha value is -6.12. The molecule has 1 aliphatic rings. The van der Waals surface area contributed by atoms with E-state index in [1.807, 2.05) is 0 Å². The third kappa shape index (κ3) is 6.78. The Morgan fingerprint density at radius 1 is 0.333 bits per heavy atom. The van der Waals surface area contributed by atoms with E-state index in [9.17, 15) is 90.4 Å². The Morgan fingerprint density at radius 3 is 0.930 bits per heavy atom.